The van der Waals surface area contributed by atoms with E-state index in [1.165, 1.54) is 4.90 Å². The lowest BCUT2D eigenvalue weighted by molar-refractivity contribution is 0.0270. The number of carbonyl (C=O) groups is 1. The highest BCUT2D eigenvalue weighted by atomic mass is 16.6. The van der Waals surface area contributed by atoms with Gasteiger partial charge in [-0.25, -0.2) is 4.79 Å². The summed E-state index contributed by atoms with van der Waals surface area (Å²) < 4.78 is 5.23. The van der Waals surface area contributed by atoms with E-state index in [9.17, 15) is 9.90 Å². The Labute approximate surface area is 102 Å². The Hall–Kier alpha value is -1.25. The van der Waals surface area contributed by atoms with Gasteiger partial charge in [0, 0.05) is 6.54 Å². The molecule has 0 radical (unpaired) electrons. The highest BCUT2D eigenvalue weighted by Gasteiger charge is 2.35. The van der Waals surface area contributed by atoms with Gasteiger partial charge < -0.3 is 14.7 Å². The van der Waals surface area contributed by atoms with Crippen molar-refractivity contribution in [1.29, 1.82) is 0 Å². The molecule has 1 aliphatic rings. The maximum Gasteiger partial charge on any atom is 0.410 e. The minimum absolute atomic E-state index is 0.182. The van der Waals surface area contributed by atoms with Crippen LogP contribution in [0.4, 0.5) is 4.79 Å². The largest absolute Gasteiger partial charge is 0.444 e. The van der Waals surface area contributed by atoms with Crippen molar-refractivity contribution in [3.8, 4) is 12.3 Å². The van der Waals surface area contributed by atoms with Crippen molar-refractivity contribution in [2.75, 3.05) is 19.6 Å². The van der Waals surface area contributed by atoms with Gasteiger partial charge in [-0.3, -0.25) is 5.32 Å². The summed E-state index contributed by atoms with van der Waals surface area (Å²) in [4.78, 5) is 13.2. The van der Waals surface area contributed by atoms with Crippen LogP contribution in [0.2, 0.25) is 0 Å². The van der Waals surface area contributed by atoms with Crippen molar-refractivity contribution >= 4 is 6.09 Å². The van der Waals surface area contributed by atoms with Crippen molar-refractivity contribution in [2.24, 2.45) is 0 Å². The molecule has 2 atom stereocenters. The zero-order valence-electron chi connectivity index (χ0n) is 10.6. The van der Waals surface area contributed by atoms with Crippen LogP contribution in [0.5, 0.6) is 0 Å². The second kappa shape index (κ2) is 5.39. The van der Waals surface area contributed by atoms with Gasteiger partial charge in [-0.15, -0.1) is 6.42 Å². The summed E-state index contributed by atoms with van der Waals surface area (Å²) >= 11 is 0. The first-order chi connectivity index (χ1) is 7.83. The molecule has 0 unspecified atom stereocenters. The molecule has 0 aliphatic carbocycles. The van der Waals surface area contributed by atoms with Gasteiger partial charge in [0.05, 0.1) is 25.2 Å². The lowest BCUT2D eigenvalue weighted by Crippen LogP contribution is -2.40. The van der Waals surface area contributed by atoms with Crippen molar-refractivity contribution in [3.05, 3.63) is 0 Å². The van der Waals surface area contributed by atoms with Crippen LogP contribution in [0.25, 0.3) is 0 Å². The molecular formula is C12H20N2O3. The maximum atomic E-state index is 11.8. The van der Waals surface area contributed by atoms with E-state index in [1.807, 2.05) is 20.8 Å². The molecule has 0 aromatic carbocycles. The number of carbonyl (C=O) groups excluding carboxylic acids is 1. The van der Waals surface area contributed by atoms with Crippen molar-refractivity contribution in [1.82, 2.24) is 10.2 Å². The number of terminal acetylenes is 1. The minimum Gasteiger partial charge on any atom is -0.444 e. The highest BCUT2D eigenvalue weighted by Crippen LogP contribution is 2.15. The van der Waals surface area contributed by atoms with Crippen LogP contribution in [0, 0.1) is 12.3 Å². The van der Waals surface area contributed by atoms with Crippen LogP contribution in [0.1, 0.15) is 20.8 Å². The third-order valence-corrected chi connectivity index (χ3v) is 2.41. The van der Waals surface area contributed by atoms with Gasteiger partial charge in [-0.05, 0) is 20.8 Å². The van der Waals surface area contributed by atoms with E-state index in [1.54, 1.807) is 0 Å². The number of nitrogens with zero attached hydrogens (tertiary/aromatic N) is 1. The molecular weight excluding hydrogens is 220 g/mol. The molecule has 5 heteroatoms. The lowest BCUT2D eigenvalue weighted by atomic mass is 10.2. The van der Waals surface area contributed by atoms with E-state index in [0.29, 0.717) is 13.1 Å². The summed E-state index contributed by atoms with van der Waals surface area (Å²) in [6, 6.07) is -0.182. The first-order valence-corrected chi connectivity index (χ1v) is 5.66. The fourth-order valence-corrected chi connectivity index (χ4v) is 1.65. The van der Waals surface area contributed by atoms with E-state index >= 15 is 0 Å². The first kappa shape index (κ1) is 13.8. The normalized spacial score (nSPS) is 24.5. The standard InChI is InChI=1S/C12H20N2O3/c1-5-6-13-9-7-14(8-10(9)15)11(16)17-12(2,3)4/h1,9-10,13,15H,6-8H2,2-4H3/t9-,10-/m1/s1. The fourth-order valence-electron chi connectivity index (χ4n) is 1.65. The number of aliphatic hydroxyl groups excluding tert-OH is 1. The molecule has 5 nitrogen and oxygen atoms in total. The summed E-state index contributed by atoms with van der Waals surface area (Å²) in [7, 11) is 0. The lowest BCUT2D eigenvalue weighted by Gasteiger charge is -2.24. The summed E-state index contributed by atoms with van der Waals surface area (Å²) in [5.74, 6) is 2.44. The topological polar surface area (TPSA) is 61.8 Å². The molecule has 1 fully saturated rings. The van der Waals surface area contributed by atoms with Gasteiger partial charge in [0.1, 0.15) is 5.60 Å². The number of rotatable bonds is 2. The quantitative estimate of drug-likeness (QED) is 0.676. The number of hydrogen-bond donors (Lipinski definition) is 2. The summed E-state index contributed by atoms with van der Waals surface area (Å²) in [6.45, 7) is 6.50. The van der Waals surface area contributed by atoms with Gasteiger partial charge in [-0.1, -0.05) is 5.92 Å². The van der Waals surface area contributed by atoms with E-state index in [2.05, 4.69) is 11.2 Å². The number of likely N-dealkylation sites (tertiary alicyclic amines) is 1. The van der Waals surface area contributed by atoms with Crippen LogP contribution in [0.3, 0.4) is 0 Å². The van der Waals surface area contributed by atoms with E-state index in [-0.39, 0.29) is 12.6 Å². The molecule has 1 rings (SSSR count). The second-order valence-corrected chi connectivity index (χ2v) is 5.14. The summed E-state index contributed by atoms with van der Waals surface area (Å²) in [5, 5.41) is 12.7. The predicted molar refractivity (Wildman–Crippen MR) is 64.4 cm³/mol. The number of hydrogen-bond acceptors (Lipinski definition) is 4. The molecule has 0 bridgehead atoms. The number of ether oxygens (including phenoxy) is 1. The highest BCUT2D eigenvalue weighted by molar-refractivity contribution is 5.68. The predicted octanol–water partition coefficient (Wildman–Crippen LogP) is 0.189. The number of β-amino-alcohol motifs (C(OH)–C–C–N with tert-alkyl or cyclic N) is 1. The molecule has 0 saturated carbocycles. The van der Waals surface area contributed by atoms with Crippen molar-refractivity contribution in [3.63, 3.8) is 0 Å². The van der Waals surface area contributed by atoms with Crippen LogP contribution in [-0.4, -0.2) is 53.5 Å². The van der Waals surface area contributed by atoms with Gasteiger partial charge in [0.15, 0.2) is 0 Å². The smallest absolute Gasteiger partial charge is 0.410 e. The molecule has 17 heavy (non-hydrogen) atoms. The summed E-state index contributed by atoms with van der Waals surface area (Å²) in [6.07, 6.45) is 4.13. The zero-order chi connectivity index (χ0) is 13.1. The average Bonchev–Trinajstić information content (AvgIpc) is 2.54. The molecule has 0 spiro atoms. The van der Waals surface area contributed by atoms with Crippen LogP contribution in [0.15, 0.2) is 0 Å². The third kappa shape index (κ3) is 4.25. The van der Waals surface area contributed by atoms with Gasteiger partial charge in [0.25, 0.3) is 0 Å². The van der Waals surface area contributed by atoms with Crippen molar-refractivity contribution in [2.45, 2.75) is 38.5 Å². The third-order valence-electron chi connectivity index (χ3n) is 2.41. The van der Waals surface area contributed by atoms with Gasteiger partial charge >= 0.3 is 6.09 Å². The average molecular weight is 240 g/mol. The molecule has 1 amide bonds. The van der Waals surface area contributed by atoms with Crippen LogP contribution < -0.4 is 5.32 Å². The molecule has 0 aromatic rings. The molecule has 0 aromatic heterocycles. The fraction of sp³-hybridized carbons (Fsp3) is 0.750. The van der Waals surface area contributed by atoms with Gasteiger partial charge in [0.2, 0.25) is 0 Å². The Morgan fingerprint density at radius 1 is 1.59 bits per heavy atom. The Morgan fingerprint density at radius 2 is 2.24 bits per heavy atom. The molecule has 2 N–H and O–H groups in total. The van der Waals surface area contributed by atoms with Gasteiger partial charge in [-0.2, -0.15) is 0 Å². The number of amides is 1. The first-order valence-electron chi connectivity index (χ1n) is 5.66. The monoisotopic (exact) mass is 240 g/mol. The van der Waals surface area contributed by atoms with Crippen LogP contribution >= 0.6 is 0 Å². The Kier molecular flexibility index (Phi) is 4.38. The Balaban J connectivity index is 2.48. The zero-order valence-corrected chi connectivity index (χ0v) is 10.6. The number of aliphatic hydroxyl groups is 1. The molecule has 1 heterocycles. The number of nitrogens with one attached hydrogen (secondary N) is 1. The van der Waals surface area contributed by atoms with E-state index < -0.39 is 17.8 Å². The Bertz CT molecular complexity index is 317. The Morgan fingerprint density at radius 3 is 2.76 bits per heavy atom. The molecule has 1 aliphatic heterocycles. The van der Waals surface area contributed by atoms with Crippen molar-refractivity contribution < 1.29 is 14.6 Å². The van der Waals surface area contributed by atoms with Crippen LogP contribution in [-0.2, 0) is 4.74 Å². The molecule has 96 valence electrons. The molecule has 1 saturated heterocycles. The minimum atomic E-state index is -0.601. The van der Waals surface area contributed by atoms with E-state index in [0.717, 1.165) is 0 Å². The van der Waals surface area contributed by atoms with E-state index in [4.69, 9.17) is 11.2 Å². The maximum absolute atomic E-state index is 11.8. The second-order valence-electron chi connectivity index (χ2n) is 5.14. The summed E-state index contributed by atoms with van der Waals surface area (Å²) in [5.41, 5.74) is -0.521. The SMILES string of the molecule is C#CCN[C@@H]1CN(C(=O)OC(C)(C)C)C[C@H]1O.